The van der Waals surface area contributed by atoms with E-state index >= 15 is 0 Å². The van der Waals surface area contributed by atoms with Crippen LogP contribution in [0.15, 0.2) is 11.4 Å². The second kappa shape index (κ2) is 7.79. The second-order valence-corrected chi connectivity index (χ2v) is 5.45. The molecule has 1 nitrogen and oxygen atoms in total. The maximum absolute atomic E-state index is 11.9. The predicted octanol–water partition coefficient (Wildman–Crippen LogP) is 4.52. The van der Waals surface area contributed by atoms with E-state index in [-0.39, 0.29) is 0 Å². The lowest BCUT2D eigenvalue weighted by Crippen LogP contribution is -2.28. The molecule has 1 aromatic heterocycles. The number of halogens is 3. The van der Waals surface area contributed by atoms with E-state index in [1.54, 1.807) is 11.3 Å². The number of unbranched alkanes of at least 4 members (excludes halogenated alkanes) is 3. The Hall–Kier alpha value is -0.550. The largest absolute Gasteiger partial charge is 0.401 e. The monoisotopic (exact) mass is 279 g/mol. The quantitative estimate of drug-likeness (QED) is 0.690. The zero-order valence-electron chi connectivity index (χ0n) is 10.6. The van der Waals surface area contributed by atoms with Crippen molar-refractivity contribution >= 4 is 11.3 Å². The molecule has 0 aromatic carbocycles. The topological polar surface area (TPSA) is 12.0 Å². The van der Waals surface area contributed by atoms with Gasteiger partial charge in [-0.1, -0.05) is 26.2 Å². The summed E-state index contributed by atoms with van der Waals surface area (Å²) in [4.78, 5) is 1.27. The number of alkyl halides is 3. The van der Waals surface area contributed by atoms with Gasteiger partial charge in [-0.3, -0.25) is 0 Å². The molecule has 0 saturated heterocycles. The summed E-state index contributed by atoms with van der Waals surface area (Å²) in [5.41, 5.74) is 0.953. The lowest BCUT2D eigenvalue weighted by atomic mass is 10.1. The second-order valence-electron chi connectivity index (χ2n) is 4.45. The maximum atomic E-state index is 11.9. The molecular formula is C13H20F3NS. The summed E-state index contributed by atoms with van der Waals surface area (Å²) in [7, 11) is 0. The molecule has 0 fully saturated rings. The van der Waals surface area contributed by atoms with E-state index in [2.05, 4.69) is 12.2 Å². The van der Waals surface area contributed by atoms with Gasteiger partial charge in [-0.15, -0.1) is 11.3 Å². The van der Waals surface area contributed by atoms with E-state index in [9.17, 15) is 13.2 Å². The summed E-state index contributed by atoms with van der Waals surface area (Å²) >= 11 is 1.64. The fourth-order valence-corrected chi connectivity index (χ4v) is 2.66. The van der Waals surface area contributed by atoms with Gasteiger partial charge in [0.05, 0.1) is 6.54 Å². The van der Waals surface area contributed by atoms with Crippen LogP contribution in [0.4, 0.5) is 13.2 Å². The summed E-state index contributed by atoms with van der Waals surface area (Å²) in [5, 5.41) is 4.36. The molecule has 0 spiro atoms. The molecule has 18 heavy (non-hydrogen) atoms. The average molecular weight is 279 g/mol. The van der Waals surface area contributed by atoms with Crippen LogP contribution >= 0.6 is 11.3 Å². The van der Waals surface area contributed by atoms with Crippen molar-refractivity contribution in [3.05, 3.63) is 21.9 Å². The van der Waals surface area contributed by atoms with Crippen LogP contribution in [0, 0.1) is 0 Å². The van der Waals surface area contributed by atoms with Crippen molar-refractivity contribution in [1.82, 2.24) is 5.32 Å². The SMILES string of the molecule is CCCCCCc1cc(CNCC(F)(F)F)cs1. The highest BCUT2D eigenvalue weighted by molar-refractivity contribution is 7.10. The molecule has 1 N–H and O–H groups in total. The van der Waals surface area contributed by atoms with Crippen LogP contribution in [0.3, 0.4) is 0 Å². The minimum absolute atomic E-state index is 0.297. The number of hydrogen-bond donors (Lipinski definition) is 1. The number of rotatable bonds is 8. The highest BCUT2D eigenvalue weighted by atomic mass is 32.1. The Bertz CT molecular complexity index is 333. The summed E-state index contributed by atoms with van der Waals surface area (Å²) in [5.74, 6) is 0. The summed E-state index contributed by atoms with van der Waals surface area (Å²) in [6.45, 7) is 1.55. The van der Waals surface area contributed by atoms with Gasteiger partial charge >= 0.3 is 6.18 Å². The zero-order valence-corrected chi connectivity index (χ0v) is 11.5. The predicted molar refractivity (Wildman–Crippen MR) is 69.9 cm³/mol. The molecule has 0 aliphatic carbocycles. The van der Waals surface area contributed by atoms with Crippen molar-refractivity contribution in [3.63, 3.8) is 0 Å². The Morgan fingerprint density at radius 3 is 2.67 bits per heavy atom. The Kier molecular flexibility index (Phi) is 6.71. The van der Waals surface area contributed by atoms with Crippen LogP contribution < -0.4 is 5.32 Å². The van der Waals surface area contributed by atoms with Crippen molar-refractivity contribution in [2.24, 2.45) is 0 Å². The number of thiophene rings is 1. The highest BCUT2D eigenvalue weighted by Gasteiger charge is 2.26. The molecule has 0 atom stereocenters. The number of aryl methyl sites for hydroxylation is 1. The van der Waals surface area contributed by atoms with E-state index in [1.165, 1.54) is 30.6 Å². The first-order valence-corrected chi connectivity index (χ1v) is 7.23. The first-order chi connectivity index (χ1) is 8.51. The van der Waals surface area contributed by atoms with Crippen LogP contribution in [0.5, 0.6) is 0 Å². The van der Waals surface area contributed by atoms with Crippen LogP contribution in [-0.4, -0.2) is 12.7 Å². The van der Waals surface area contributed by atoms with Gasteiger partial charge < -0.3 is 5.32 Å². The summed E-state index contributed by atoms with van der Waals surface area (Å²) in [6, 6.07) is 2.01. The molecule has 1 rings (SSSR count). The average Bonchev–Trinajstić information content (AvgIpc) is 2.71. The van der Waals surface area contributed by atoms with Gasteiger partial charge in [-0.2, -0.15) is 13.2 Å². The zero-order chi connectivity index (χ0) is 13.4. The Labute approximate surface area is 110 Å². The molecule has 1 heterocycles. The lowest BCUT2D eigenvalue weighted by Gasteiger charge is -2.06. The highest BCUT2D eigenvalue weighted by Crippen LogP contribution is 2.18. The molecule has 5 heteroatoms. The van der Waals surface area contributed by atoms with Crippen molar-refractivity contribution in [2.45, 2.75) is 51.7 Å². The summed E-state index contributed by atoms with van der Waals surface area (Å²) < 4.78 is 35.8. The van der Waals surface area contributed by atoms with Gasteiger partial charge in [0.2, 0.25) is 0 Å². The van der Waals surface area contributed by atoms with Crippen LogP contribution in [0.25, 0.3) is 0 Å². The van der Waals surface area contributed by atoms with Gasteiger partial charge in [-0.05, 0) is 29.9 Å². The van der Waals surface area contributed by atoms with Crippen LogP contribution in [0.1, 0.15) is 43.0 Å². The molecule has 0 aliphatic heterocycles. The van der Waals surface area contributed by atoms with Crippen molar-refractivity contribution in [3.8, 4) is 0 Å². The third-order valence-electron chi connectivity index (χ3n) is 2.64. The normalized spacial score (nSPS) is 12.0. The van der Waals surface area contributed by atoms with E-state index in [1.807, 2.05) is 11.4 Å². The van der Waals surface area contributed by atoms with Crippen molar-refractivity contribution < 1.29 is 13.2 Å². The molecule has 0 saturated carbocycles. The van der Waals surface area contributed by atoms with E-state index in [0.29, 0.717) is 6.54 Å². The van der Waals surface area contributed by atoms with Gasteiger partial charge in [-0.25, -0.2) is 0 Å². The molecule has 0 unspecified atom stereocenters. The number of nitrogens with one attached hydrogen (secondary N) is 1. The van der Waals surface area contributed by atoms with Gasteiger partial charge in [0.15, 0.2) is 0 Å². The van der Waals surface area contributed by atoms with Gasteiger partial charge in [0.1, 0.15) is 0 Å². The first-order valence-electron chi connectivity index (χ1n) is 6.35. The van der Waals surface area contributed by atoms with Crippen LogP contribution in [-0.2, 0) is 13.0 Å². The van der Waals surface area contributed by atoms with Crippen molar-refractivity contribution in [2.75, 3.05) is 6.54 Å². The minimum Gasteiger partial charge on any atom is -0.305 e. The molecule has 0 aliphatic rings. The van der Waals surface area contributed by atoms with Crippen molar-refractivity contribution in [1.29, 1.82) is 0 Å². The Morgan fingerprint density at radius 2 is 2.00 bits per heavy atom. The van der Waals surface area contributed by atoms with Crippen LogP contribution in [0.2, 0.25) is 0 Å². The first kappa shape index (κ1) is 15.5. The molecule has 0 bridgehead atoms. The Morgan fingerprint density at radius 1 is 1.22 bits per heavy atom. The summed E-state index contributed by atoms with van der Waals surface area (Å²) in [6.07, 6.45) is 1.80. The molecule has 0 radical (unpaired) electrons. The molecule has 104 valence electrons. The maximum Gasteiger partial charge on any atom is 0.401 e. The van der Waals surface area contributed by atoms with E-state index in [4.69, 9.17) is 0 Å². The fourth-order valence-electron chi connectivity index (χ4n) is 1.72. The lowest BCUT2D eigenvalue weighted by molar-refractivity contribution is -0.125. The van der Waals surface area contributed by atoms with Gasteiger partial charge in [0.25, 0.3) is 0 Å². The van der Waals surface area contributed by atoms with E-state index in [0.717, 1.165) is 12.0 Å². The molecular weight excluding hydrogens is 259 g/mol. The third-order valence-corrected chi connectivity index (χ3v) is 3.68. The standard InChI is InChI=1S/C13H20F3NS/c1-2-3-4-5-6-12-7-11(9-18-12)8-17-10-13(14,15)16/h7,9,17H,2-6,8,10H2,1H3. The van der Waals surface area contributed by atoms with E-state index < -0.39 is 12.7 Å². The fraction of sp³-hybridized carbons (Fsp3) is 0.692. The minimum atomic E-state index is -4.13. The third kappa shape index (κ3) is 7.01. The Balaban J connectivity index is 2.21. The molecule has 1 aromatic rings. The number of hydrogen-bond acceptors (Lipinski definition) is 2. The smallest absolute Gasteiger partial charge is 0.305 e. The van der Waals surface area contributed by atoms with Gasteiger partial charge in [0, 0.05) is 11.4 Å². The molecule has 0 amide bonds.